The average Bonchev–Trinajstić information content (AvgIpc) is 2.19. The van der Waals surface area contributed by atoms with Crippen LogP contribution in [-0.4, -0.2) is 33.2 Å². The fourth-order valence-electron chi connectivity index (χ4n) is 1.29. The number of anilines is 1. The number of aromatic hydroxyl groups is 1. The number of amides is 1. The first-order valence-corrected chi connectivity index (χ1v) is 4.44. The molecule has 17 heavy (non-hydrogen) atoms. The third kappa shape index (κ3) is 2.51. The Kier molecular flexibility index (Phi) is 3.32. The molecule has 1 amide bonds. The van der Waals surface area contributed by atoms with Crippen molar-refractivity contribution in [2.75, 3.05) is 5.32 Å². The predicted octanol–water partition coefficient (Wildman–Crippen LogP) is 0.747. The molecule has 1 aromatic carbocycles. The molecule has 1 aromatic rings. The fourth-order valence-corrected chi connectivity index (χ4v) is 1.29. The highest BCUT2D eigenvalue weighted by Crippen LogP contribution is 2.30. The minimum atomic E-state index is -1.55. The van der Waals surface area contributed by atoms with E-state index in [1.165, 1.54) is 0 Å². The molecule has 4 N–H and O–H groups in total. The van der Waals surface area contributed by atoms with Crippen LogP contribution in [-0.2, 0) is 4.79 Å². The highest BCUT2D eigenvalue weighted by Gasteiger charge is 2.23. The van der Waals surface area contributed by atoms with E-state index in [4.69, 9.17) is 10.2 Å². The van der Waals surface area contributed by atoms with Gasteiger partial charge < -0.3 is 20.6 Å². The van der Waals surface area contributed by atoms with Crippen LogP contribution in [0.5, 0.6) is 5.75 Å². The number of hydrogen-bond acceptors (Lipinski definition) is 4. The maximum atomic E-state index is 11.0. The van der Waals surface area contributed by atoms with Crippen LogP contribution in [0.15, 0.2) is 12.1 Å². The molecule has 0 aliphatic rings. The van der Waals surface area contributed by atoms with Crippen LogP contribution in [0.4, 0.5) is 5.69 Å². The van der Waals surface area contributed by atoms with Gasteiger partial charge >= 0.3 is 11.9 Å². The van der Waals surface area contributed by atoms with Crippen molar-refractivity contribution in [3.05, 3.63) is 23.3 Å². The van der Waals surface area contributed by atoms with E-state index in [1.54, 1.807) is 0 Å². The Balaban J connectivity index is 3.54. The minimum absolute atomic E-state index is 0.426. The standard InChI is InChI=1S/C10H9NO6/c1-4(12)11-8-6(13)3-2-5(9(14)15)7(8)10(16)17/h2-3,13H,1H3,(H,11,12)(H,14,15)(H,16,17). The Morgan fingerprint density at radius 3 is 2.12 bits per heavy atom. The SMILES string of the molecule is CC(=O)Nc1c(O)ccc(C(=O)O)c1C(=O)O. The van der Waals surface area contributed by atoms with Crippen LogP contribution in [0.1, 0.15) is 27.6 Å². The summed E-state index contributed by atoms with van der Waals surface area (Å²) in [6, 6.07) is 1.95. The molecule has 0 aliphatic carbocycles. The van der Waals surface area contributed by atoms with Crippen molar-refractivity contribution in [3.63, 3.8) is 0 Å². The summed E-state index contributed by atoms with van der Waals surface area (Å²) in [4.78, 5) is 32.6. The zero-order valence-corrected chi connectivity index (χ0v) is 8.72. The van der Waals surface area contributed by atoms with E-state index in [9.17, 15) is 19.5 Å². The molecule has 0 unspecified atom stereocenters. The van der Waals surface area contributed by atoms with Crippen molar-refractivity contribution < 1.29 is 29.7 Å². The molecule has 0 aromatic heterocycles. The first-order chi connectivity index (χ1) is 7.84. The molecule has 0 radical (unpaired) electrons. The second-order valence-corrected chi connectivity index (χ2v) is 3.17. The van der Waals surface area contributed by atoms with E-state index < -0.39 is 40.4 Å². The molecule has 0 atom stereocenters. The van der Waals surface area contributed by atoms with Gasteiger partial charge in [0.05, 0.1) is 11.3 Å². The van der Waals surface area contributed by atoms with Gasteiger partial charge in [-0.3, -0.25) is 4.79 Å². The zero-order chi connectivity index (χ0) is 13.2. The summed E-state index contributed by atoms with van der Waals surface area (Å²) in [6.45, 7) is 1.11. The van der Waals surface area contributed by atoms with E-state index in [0.717, 1.165) is 19.1 Å². The third-order valence-electron chi connectivity index (χ3n) is 1.93. The second kappa shape index (κ2) is 4.52. The third-order valence-corrected chi connectivity index (χ3v) is 1.93. The van der Waals surface area contributed by atoms with Gasteiger partial charge in [0.25, 0.3) is 0 Å². The van der Waals surface area contributed by atoms with Gasteiger partial charge in [0.15, 0.2) is 0 Å². The molecule has 0 heterocycles. The lowest BCUT2D eigenvalue weighted by Gasteiger charge is -2.11. The minimum Gasteiger partial charge on any atom is -0.506 e. The summed E-state index contributed by atoms with van der Waals surface area (Å²) in [6.07, 6.45) is 0. The van der Waals surface area contributed by atoms with E-state index in [1.807, 2.05) is 0 Å². The summed E-state index contributed by atoms with van der Waals surface area (Å²) in [5.41, 5.74) is -1.60. The van der Waals surface area contributed by atoms with Crippen LogP contribution < -0.4 is 5.32 Å². The zero-order valence-electron chi connectivity index (χ0n) is 8.72. The lowest BCUT2D eigenvalue weighted by atomic mass is 10.0. The molecular weight excluding hydrogens is 230 g/mol. The van der Waals surface area contributed by atoms with Crippen molar-refractivity contribution >= 4 is 23.5 Å². The summed E-state index contributed by atoms with van der Waals surface area (Å²) in [7, 11) is 0. The first kappa shape index (κ1) is 12.5. The number of phenols is 1. The Morgan fingerprint density at radius 2 is 1.71 bits per heavy atom. The van der Waals surface area contributed by atoms with Gasteiger partial charge in [-0.1, -0.05) is 0 Å². The lowest BCUT2D eigenvalue weighted by molar-refractivity contribution is -0.114. The fraction of sp³-hybridized carbons (Fsp3) is 0.100. The number of carbonyl (C=O) groups excluding carboxylic acids is 1. The Bertz CT molecular complexity index is 508. The number of nitrogens with one attached hydrogen (secondary N) is 1. The van der Waals surface area contributed by atoms with E-state index in [0.29, 0.717) is 0 Å². The smallest absolute Gasteiger partial charge is 0.338 e. The van der Waals surface area contributed by atoms with Crippen LogP contribution in [0.3, 0.4) is 0 Å². The number of aromatic carboxylic acids is 2. The molecule has 90 valence electrons. The van der Waals surface area contributed by atoms with Crippen molar-refractivity contribution in [3.8, 4) is 5.75 Å². The molecule has 0 fully saturated rings. The van der Waals surface area contributed by atoms with Gasteiger partial charge in [-0.15, -0.1) is 0 Å². The number of carboxylic acids is 2. The Morgan fingerprint density at radius 1 is 1.12 bits per heavy atom. The molecule has 0 saturated heterocycles. The van der Waals surface area contributed by atoms with Crippen molar-refractivity contribution in [2.24, 2.45) is 0 Å². The number of carboxylic acid groups (broad SMARTS) is 2. The quantitative estimate of drug-likeness (QED) is 0.577. The molecule has 7 nitrogen and oxygen atoms in total. The Labute approximate surface area is 95.3 Å². The van der Waals surface area contributed by atoms with E-state index >= 15 is 0 Å². The van der Waals surface area contributed by atoms with Gasteiger partial charge in [-0.25, -0.2) is 9.59 Å². The van der Waals surface area contributed by atoms with E-state index in [2.05, 4.69) is 5.32 Å². The Hall–Kier alpha value is -2.57. The number of rotatable bonds is 3. The highest BCUT2D eigenvalue weighted by molar-refractivity contribution is 6.09. The number of phenolic OH excluding ortho intramolecular Hbond substituents is 1. The number of carbonyl (C=O) groups is 3. The molecule has 0 bridgehead atoms. The monoisotopic (exact) mass is 239 g/mol. The topological polar surface area (TPSA) is 124 Å². The van der Waals surface area contributed by atoms with Gasteiger partial charge in [-0.05, 0) is 12.1 Å². The first-order valence-electron chi connectivity index (χ1n) is 4.44. The maximum absolute atomic E-state index is 11.0. The number of benzene rings is 1. The summed E-state index contributed by atoms with van der Waals surface area (Å²) in [5.74, 6) is -4.15. The molecule has 0 spiro atoms. The van der Waals surface area contributed by atoms with E-state index in [-0.39, 0.29) is 0 Å². The predicted molar refractivity (Wildman–Crippen MR) is 56.3 cm³/mol. The average molecular weight is 239 g/mol. The van der Waals surface area contributed by atoms with Crippen LogP contribution >= 0.6 is 0 Å². The van der Waals surface area contributed by atoms with Gasteiger partial charge in [0, 0.05) is 6.92 Å². The van der Waals surface area contributed by atoms with Gasteiger partial charge in [0.2, 0.25) is 5.91 Å². The van der Waals surface area contributed by atoms with Crippen LogP contribution in [0.2, 0.25) is 0 Å². The maximum Gasteiger partial charge on any atom is 0.338 e. The van der Waals surface area contributed by atoms with Crippen molar-refractivity contribution in [1.82, 2.24) is 0 Å². The second-order valence-electron chi connectivity index (χ2n) is 3.17. The molecule has 1 rings (SSSR count). The lowest BCUT2D eigenvalue weighted by Crippen LogP contribution is -2.15. The van der Waals surface area contributed by atoms with Crippen molar-refractivity contribution in [1.29, 1.82) is 0 Å². The summed E-state index contributed by atoms with van der Waals surface area (Å²) < 4.78 is 0. The van der Waals surface area contributed by atoms with Gasteiger partial charge in [0.1, 0.15) is 11.3 Å². The van der Waals surface area contributed by atoms with Crippen molar-refractivity contribution in [2.45, 2.75) is 6.92 Å². The number of hydrogen-bond donors (Lipinski definition) is 4. The normalized spacial score (nSPS) is 9.71. The molecule has 7 heteroatoms. The van der Waals surface area contributed by atoms with Crippen LogP contribution in [0.25, 0.3) is 0 Å². The van der Waals surface area contributed by atoms with Crippen LogP contribution in [0, 0.1) is 0 Å². The summed E-state index contributed by atoms with van der Waals surface area (Å²) in [5, 5.41) is 29.2. The molecule has 0 saturated carbocycles. The largest absolute Gasteiger partial charge is 0.506 e. The summed E-state index contributed by atoms with van der Waals surface area (Å²) >= 11 is 0. The molecule has 0 aliphatic heterocycles. The highest BCUT2D eigenvalue weighted by atomic mass is 16.4. The molecular formula is C10H9NO6. The van der Waals surface area contributed by atoms with Gasteiger partial charge in [-0.2, -0.15) is 0 Å².